The van der Waals surface area contributed by atoms with Crippen molar-refractivity contribution in [3.63, 3.8) is 0 Å². The van der Waals surface area contributed by atoms with E-state index in [4.69, 9.17) is 0 Å². The van der Waals surface area contributed by atoms with Gasteiger partial charge in [-0.05, 0) is 61.1 Å². The molecule has 5 rings (SSSR count). The van der Waals surface area contributed by atoms with E-state index in [1.54, 1.807) is 36.7 Å². The summed E-state index contributed by atoms with van der Waals surface area (Å²) in [6.45, 7) is 0. The van der Waals surface area contributed by atoms with Crippen LogP contribution in [0.5, 0.6) is 5.88 Å². The Morgan fingerprint density at radius 2 is 1.87 bits per heavy atom. The van der Waals surface area contributed by atoms with E-state index >= 15 is 0 Å². The van der Waals surface area contributed by atoms with Crippen molar-refractivity contribution in [2.24, 2.45) is 0 Å². The van der Waals surface area contributed by atoms with Crippen molar-refractivity contribution >= 4 is 37.8 Å². The molecule has 0 atom stereocenters. The molecule has 4 N–H and O–H groups in total. The molecule has 5 aromatic rings. The molecule has 2 aromatic carbocycles. The molecule has 156 valence electrons. The highest BCUT2D eigenvalue weighted by molar-refractivity contribution is 7.89. The number of anilines is 2. The lowest BCUT2D eigenvalue weighted by molar-refractivity contribution is 0.462. The summed E-state index contributed by atoms with van der Waals surface area (Å²) in [5.41, 5.74) is 4.22. The number of aromatic hydroxyl groups is 1. The monoisotopic (exact) mass is 433 g/mol. The van der Waals surface area contributed by atoms with Gasteiger partial charge in [-0.1, -0.05) is 6.07 Å². The van der Waals surface area contributed by atoms with Crippen molar-refractivity contribution in [3.05, 3.63) is 73.2 Å². The van der Waals surface area contributed by atoms with Crippen molar-refractivity contribution in [3.8, 4) is 17.1 Å². The number of aromatic nitrogens is 3. The van der Waals surface area contributed by atoms with Crippen molar-refractivity contribution in [1.29, 1.82) is 0 Å². The van der Waals surface area contributed by atoms with Crippen LogP contribution in [-0.2, 0) is 10.0 Å². The summed E-state index contributed by atoms with van der Waals surface area (Å²) < 4.78 is 28.1. The van der Waals surface area contributed by atoms with E-state index in [0.29, 0.717) is 0 Å². The first-order valence-electron chi connectivity index (χ1n) is 9.53. The summed E-state index contributed by atoms with van der Waals surface area (Å²) in [5, 5.41) is 14.8. The fraction of sp³-hybridized carbons (Fsp3) is 0.0455. The van der Waals surface area contributed by atoms with E-state index < -0.39 is 10.0 Å². The van der Waals surface area contributed by atoms with Crippen LogP contribution < -0.4 is 10.0 Å². The first kappa shape index (κ1) is 19.2. The van der Waals surface area contributed by atoms with E-state index in [-0.39, 0.29) is 10.8 Å². The predicted molar refractivity (Wildman–Crippen MR) is 120 cm³/mol. The minimum absolute atomic E-state index is 0.155. The van der Waals surface area contributed by atoms with Crippen LogP contribution in [-0.4, -0.2) is 34.9 Å². The number of H-pyrrole nitrogens is 1. The normalized spacial score (nSPS) is 11.9. The smallest absolute Gasteiger partial charge is 0.240 e. The van der Waals surface area contributed by atoms with Gasteiger partial charge < -0.3 is 15.4 Å². The third-order valence-electron chi connectivity index (χ3n) is 5.23. The maximum atomic E-state index is 11.9. The van der Waals surface area contributed by atoms with Crippen molar-refractivity contribution in [2.45, 2.75) is 4.90 Å². The summed E-state index contributed by atoms with van der Waals surface area (Å²) in [6, 6.07) is 16.3. The highest BCUT2D eigenvalue weighted by Crippen LogP contribution is 2.31. The van der Waals surface area contributed by atoms with Gasteiger partial charge in [0.15, 0.2) is 11.5 Å². The average molecular weight is 433 g/mol. The topological polar surface area (TPSA) is 112 Å². The van der Waals surface area contributed by atoms with E-state index in [9.17, 15) is 13.5 Å². The molecule has 0 amide bonds. The van der Waals surface area contributed by atoms with Gasteiger partial charge in [-0.25, -0.2) is 18.1 Å². The van der Waals surface area contributed by atoms with E-state index in [1.165, 1.54) is 7.05 Å². The van der Waals surface area contributed by atoms with Crippen LogP contribution in [0.1, 0.15) is 0 Å². The number of nitrogens with one attached hydrogen (secondary N) is 3. The molecule has 9 heteroatoms. The summed E-state index contributed by atoms with van der Waals surface area (Å²) in [4.78, 5) is 7.51. The van der Waals surface area contributed by atoms with E-state index in [1.807, 2.05) is 40.9 Å². The van der Waals surface area contributed by atoms with E-state index in [2.05, 4.69) is 20.0 Å². The van der Waals surface area contributed by atoms with Gasteiger partial charge in [0.1, 0.15) is 0 Å². The molecule has 0 fully saturated rings. The Morgan fingerprint density at radius 1 is 1.06 bits per heavy atom. The number of aromatic amines is 1. The lowest BCUT2D eigenvalue weighted by Gasteiger charge is -2.12. The molecule has 3 heterocycles. The Morgan fingerprint density at radius 3 is 2.65 bits per heavy atom. The Balaban J connectivity index is 1.51. The molecule has 3 aromatic heterocycles. The van der Waals surface area contributed by atoms with Crippen molar-refractivity contribution in [1.82, 2.24) is 19.1 Å². The second-order valence-electron chi connectivity index (χ2n) is 7.05. The van der Waals surface area contributed by atoms with Crippen LogP contribution in [0.4, 0.5) is 11.4 Å². The SMILES string of the molecule is CNS(=O)(=O)c1ccc(Nc2ccc(-c3ccc4c(O)[nH]cc4c3)n3ccnc23)cc1. The zero-order valence-corrected chi connectivity index (χ0v) is 17.3. The largest absolute Gasteiger partial charge is 0.494 e. The highest BCUT2D eigenvalue weighted by atomic mass is 32.2. The third kappa shape index (κ3) is 3.29. The summed E-state index contributed by atoms with van der Waals surface area (Å²) in [5.74, 6) is 0.155. The predicted octanol–water partition coefficient (Wildman–Crippen LogP) is 3.84. The van der Waals surface area contributed by atoms with Crippen LogP contribution in [0.3, 0.4) is 0 Å². The number of hydrogen-bond acceptors (Lipinski definition) is 5. The number of nitrogens with zero attached hydrogens (tertiary/aromatic N) is 2. The van der Waals surface area contributed by atoms with Crippen LogP contribution in [0.25, 0.3) is 27.7 Å². The first-order chi connectivity index (χ1) is 15.0. The van der Waals surface area contributed by atoms with Crippen LogP contribution in [0.15, 0.2) is 78.1 Å². The Kier molecular flexibility index (Phi) is 4.42. The van der Waals surface area contributed by atoms with Gasteiger partial charge in [-0.15, -0.1) is 0 Å². The zero-order valence-electron chi connectivity index (χ0n) is 16.5. The summed E-state index contributed by atoms with van der Waals surface area (Å²) in [7, 11) is -2.09. The van der Waals surface area contributed by atoms with Crippen LogP contribution >= 0.6 is 0 Å². The minimum atomic E-state index is -3.48. The molecule has 0 spiro atoms. The molecule has 0 aliphatic carbocycles. The number of benzene rings is 2. The third-order valence-corrected chi connectivity index (χ3v) is 6.66. The maximum Gasteiger partial charge on any atom is 0.240 e. The molecular weight excluding hydrogens is 414 g/mol. The fourth-order valence-corrected chi connectivity index (χ4v) is 4.35. The molecule has 0 unspecified atom stereocenters. The number of hydrogen-bond donors (Lipinski definition) is 4. The van der Waals surface area contributed by atoms with Crippen molar-refractivity contribution < 1.29 is 13.5 Å². The molecule has 0 aliphatic heterocycles. The number of rotatable bonds is 5. The fourth-order valence-electron chi connectivity index (χ4n) is 3.62. The Hall–Kier alpha value is -3.82. The Labute approximate surface area is 178 Å². The second-order valence-corrected chi connectivity index (χ2v) is 8.94. The molecule has 0 radical (unpaired) electrons. The van der Waals surface area contributed by atoms with Crippen LogP contribution in [0.2, 0.25) is 0 Å². The quantitative estimate of drug-likeness (QED) is 0.337. The number of pyridine rings is 1. The number of fused-ring (bicyclic) bond motifs is 2. The molecule has 0 aliphatic rings. The number of sulfonamides is 1. The molecule has 8 nitrogen and oxygen atoms in total. The van der Waals surface area contributed by atoms with Gasteiger partial charge in [0.2, 0.25) is 10.0 Å². The van der Waals surface area contributed by atoms with Gasteiger partial charge in [0.05, 0.1) is 16.3 Å². The lowest BCUT2D eigenvalue weighted by atomic mass is 10.1. The number of imidazole rings is 1. The first-order valence-corrected chi connectivity index (χ1v) is 11.0. The summed E-state index contributed by atoms with van der Waals surface area (Å²) in [6.07, 6.45) is 5.39. The van der Waals surface area contributed by atoms with Gasteiger partial charge >= 0.3 is 0 Å². The average Bonchev–Trinajstić information content (AvgIpc) is 3.42. The molecule has 0 saturated heterocycles. The van der Waals surface area contributed by atoms with Gasteiger partial charge in [-0.2, -0.15) is 0 Å². The van der Waals surface area contributed by atoms with Gasteiger partial charge in [0.25, 0.3) is 0 Å². The second kappa shape index (κ2) is 7.15. The summed E-state index contributed by atoms with van der Waals surface area (Å²) >= 11 is 0. The van der Waals surface area contributed by atoms with Crippen molar-refractivity contribution in [2.75, 3.05) is 12.4 Å². The van der Waals surface area contributed by atoms with Gasteiger partial charge in [0, 0.05) is 35.1 Å². The maximum absolute atomic E-state index is 11.9. The lowest BCUT2D eigenvalue weighted by Crippen LogP contribution is -2.18. The van der Waals surface area contributed by atoms with E-state index in [0.717, 1.165) is 39.1 Å². The Bertz CT molecular complexity index is 1520. The minimum Gasteiger partial charge on any atom is -0.494 e. The molecule has 0 saturated carbocycles. The molecular formula is C22H19N5O3S. The molecule has 0 bridgehead atoms. The van der Waals surface area contributed by atoms with Crippen LogP contribution in [0, 0.1) is 0 Å². The zero-order chi connectivity index (χ0) is 21.6. The standard InChI is InChI=1S/C22H19N5O3S/c1-23-31(29,30)17-5-3-16(4-6-17)26-19-8-9-20(27-11-10-24-21(19)27)14-2-7-18-15(12-14)13-25-22(18)28/h2-13,23,25-26,28H,1H3. The highest BCUT2D eigenvalue weighted by Gasteiger charge is 2.13. The van der Waals surface area contributed by atoms with Gasteiger partial charge in [-0.3, -0.25) is 4.40 Å². The molecule has 31 heavy (non-hydrogen) atoms.